The zero-order valence-electron chi connectivity index (χ0n) is 14.5. The average molecular weight is 345 g/mol. The molecule has 0 unspecified atom stereocenters. The summed E-state index contributed by atoms with van der Waals surface area (Å²) >= 11 is 1.71. The first-order valence-electron chi connectivity index (χ1n) is 8.28. The molecular formula is C21H19N3S. The Hall–Kier alpha value is -2.72. The van der Waals surface area contributed by atoms with E-state index in [2.05, 4.69) is 78.5 Å². The average Bonchev–Trinajstić information content (AvgIpc) is 2.96. The summed E-state index contributed by atoms with van der Waals surface area (Å²) in [5, 5.41) is 4.63. The summed E-state index contributed by atoms with van der Waals surface area (Å²) in [5.41, 5.74) is 6.00. The van der Waals surface area contributed by atoms with Gasteiger partial charge in [0.25, 0.3) is 0 Å². The first kappa shape index (κ1) is 15.8. The van der Waals surface area contributed by atoms with Crippen LogP contribution < -0.4 is 5.32 Å². The Morgan fingerprint density at radius 3 is 2.48 bits per heavy atom. The van der Waals surface area contributed by atoms with Crippen molar-refractivity contribution in [3.05, 3.63) is 70.9 Å². The van der Waals surface area contributed by atoms with Gasteiger partial charge in [-0.25, -0.2) is 9.97 Å². The molecule has 0 saturated heterocycles. The van der Waals surface area contributed by atoms with E-state index >= 15 is 0 Å². The smallest absolute Gasteiger partial charge is 0.143 e. The largest absolute Gasteiger partial charge is 0.339 e. The van der Waals surface area contributed by atoms with E-state index in [0.717, 1.165) is 21.7 Å². The van der Waals surface area contributed by atoms with Gasteiger partial charge in [0.15, 0.2) is 0 Å². The number of fused-ring (bicyclic) bond motifs is 1. The maximum Gasteiger partial charge on any atom is 0.143 e. The van der Waals surface area contributed by atoms with Crippen LogP contribution in [0.1, 0.15) is 16.0 Å². The van der Waals surface area contributed by atoms with Crippen molar-refractivity contribution < 1.29 is 0 Å². The van der Waals surface area contributed by atoms with Crippen molar-refractivity contribution in [2.75, 3.05) is 5.32 Å². The van der Waals surface area contributed by atoms with Crippen molar-refractivity contribution in [3.63, 3.8) is 0 Å². The lowest BCUT2D eigenvalue weighted by Gasteiger charge is -2.12. The Balaban J connectivity index is 1.92. The van der Waals surface area contributed by atoms with Crippen LogP contribution in [0.3, 0.4) is 0 Å². The minimum atomic E-state index is 0.863. The number of anilines is 2. The molecule has 4 heteroatoms. The lowest BCUT2D eigenvalue weighted by atomic mass is 10.0. The summed E-state index contributed by atoms with van der Waals surface area (Å²) in [7, 11) is 0. The van der Waals surface area contributed by atoms with E-state index < -0.39 is 0 Å². The number of hydrogen-bond donors (Lipinski definition) is 1. The normalized spacial score (nSPS) is 11.0. The van der Waals surface area contributed by atoms with Gasteiger partial charge in [0, 0.05) is 16.1 Å². The van der Waals surface area contributed by atoms with Crippen molar-refractivity contribution in [1.82, 2.24) is 9.97 Å². The molecule has 4 aromatic rings. The molecular weight excluding hydrogens is 326 g/mol. The van der Waals surface area contributed by atoms with Crippen molar-refractivity contribution in [2.45, 2.75) is 20.8 Å². The molecule has 2 aromatic carbocycles. The van der Waals surface area contributed by atoms with Gasteiger partial charge in [-0.05, 0) is 43.5 Å². The predicted octanol–water partition coefficient (Wildman–Crippen LogP) is 6.03. The number of rotatable bonds is 3. The number of nitrogens with zero attached hydrogens (tertiary/aromatic N) is 2. The van der Waals surface area contributed by atoms with Gasteiger partial charge < -0.3 is 5.32 Å². The Morgan fingerprint density at radius 2 is 1.68 bits per heavy atom. The number of thiophene rings is 1. The molecule has 0 aliphatic rings. The molecule has 0 radical (unpaired) electrons. The highest BCUT2D eigenvalue weighted by molar-refractivity contribution is 7.19. The van der Waals surface area contributed by atoms with E-state index in [9.17, 15) is 0 Å². The first-order valence-corrected chi connectivity index (χ1v) is 9.09. The molecule has 4 rings (SSSR count). The van der Waals surface area contributed by atoms with Crippen LogP contribution >= 0.6 is 11.3 Å². The summed E-state index contributed by atoms with van der Waals surface area (Å²) < 4.78 is 0. The lowest BCUT2D eigenvalue weighted by molar-refractivity contribution is 1.22. The minimum Gasteiger partial charge on any atom is -0.339 e. The van der Waals surface area contributed by atoms with Crippen LogP contribution in [-0.2, 0) is 0 Å². The fraction of sp³-hybridized carbons (Fsp3) is 0.143. The van der Waals surface area contributed by atoms with Crippen LogP contribution in [0.15, 0.2) is 54.9 Å². The molecule has 124 valence electrons. The molecule has 0 saturated carbocycles. The quantitative estimate of drug-likeness (QED) is 0.493. The molecule has 0 fully saturated rings. The number of aromatic nitrogens is 2. The van der Waals surface area contributed by atoms with E-state index in [4.69, 9.17) is 0 Å². The lowest BCUT2D eigenvalue weighted by Crippen LogP contribution is -1.98. The molecule has 0 aliphatic heterocycles. The molecule has 0 amide bonds. The SMILES string of the molecule is Cc1cccc(Nc2ncnc3sc(C)c(-c4ccccc4)c23)c1C. The zero-order chi connectivity index (χ0) is 17.4. The summed E-state index contributed by atoms with van der Waals surface area (Å²) in [4.78, 5) is 11.3. The third-order valence-electron chi connectivity index (χ3n) is 4.58. The molecule has 0 atom stereocenters. The van der Waals surface area contributed by atoms with Crippen LogP contribution in [-0.4, -0.2) is 9.97 Å². The third-order valence-corrected chi connectivity index (χ3v) is 5.60. The van der Waals surface area contributed by atoms with Crippen LogP contribution in [0.5, 0.6) is 0 Å². The highest BCUT2D eigenvalue weighted by Crippen LogP contribution is 2.41. The number of benzene rings is 2. The van der Waals surface area contributed by atoms with Crippen LogP contribution in [0.2, 0.25) is 0 Å². The molecule has 3 nitrogen and oxygen atoms in total. The van der Waals surface area contributed by atoms with Crippen molar-refractivity contribution in [3.8, 4) is 11.1 Å². The van der Waals surface area contributed by atoms with Crippen LogP contribution in [0.4, 0.5) is 11.5 Å². The standard InChI is InChI=1S/C21H19N3S/c1-13-8-7-11-17(14(13)2)24-20-19-18(16-9-5-4-6-10-16)15(3)25-21(19)23-12-22-20/h4-12H,1-3H3,(H,22,23,24). The van der Waals surface area contributed by atoms with Gasteiger partial charge in [0.2, 0.25) is 0 Å². The van der Waals surface area contributed by atoms with Gasteiger partial charge in [0.05, 0.1) is 5.39 Å². The van der Waals surface area contributed by atoms with E-state index in [1.54, 1.807) is 17.7 Å². The summed E-state index contributed by atoms with van der Waals surface area (Å²) in [6.45, 7) is 6.41. The highest BCUT2D eigenvalue weighted by atomic mass is 32.1. The Kier molecular flexibility index (Phi) is 3.98. The van der Waals surface area contributed by atoms with Gasteiger partial charge in [-0.15, -0.1) is 11.3 Å². The minimum absolute atomic E-state index is 0.863. The highest BCUT2D eigenvalue weighted by Gasteiger charge is 2.17. The van der Waals surface area contributed by atoms with Crippen molar-refractivity contribution in [2.24, 2.45) is 0 Å². The zero-order valence-corrected chi connectivity index (χ0v) is 15.3. The maximum absolute atomic E-state index is 4.56. The molecule has 0 bridgehead atoms. The maximum atomic E-state index is 4.56. The number of hydrogen-bond acceptors (Lipinski definition) is 4. The van der Waals surface area contributed by atoms with Gasteiger partial charge in [-0.1, -0.05) is 42.5 Å². The van der Waals surface area contributed by atoms with Gasteiger partial charge >= 0.3 is 0 Å². The molecule has 25 heavy (non-hydrogen) atoms. The van der Waals surface area contributed by atoms with E-state index in [0.29, 0.717) is 0 Å². The second-order valence-corrected chi connectivity index (χ2v) is 7.38. The predicted molar refractivity (Wildman–Crippen MR) is 107 cm³/mol. The number of nitrogens with one attached hydrogen (secondary N) is 1. The Bertz CT molecular complexity index is 1050. The molecule has 0 aliphatic carbocycles. The van der Waals surface area contributed by atoms with E-state index in [1.807, 2.05) is 6.07 Å². The summed E-state index contributed by atoms with van der Waals surface area (Å²) in [6.07, 6.45) is 1.64. The van der Waals surface area contributed by atoms with Crippen LogP contribution in [0.25, 0.3) is 21.3 Å². The summed E-state index contributed by atoms with van der Waals surface area (Å²) in [5.74, 6) is 0.863. The van der Waals surface area contributed by atoms with E-state index in [1.165, 1.54) is 27.1 Å². The van der Waals surface area contributed by atoms with Crippen molar-refractivity contribution in [1.29, 1.82) is 0 Å². The Labute approximate surface area is 151 Å². The third kappa shape index (κ3) is 2.79. The molecule has 2 aromatic heterocycles. The monoisotopic (exact) mass is 345 g/mol. The molecule has 0 spiro atoms. The van der Waals surface area contributed by atoms with Gasteiger partial charge in [0.1, 0.15) is 17.0 Å². The number of aryl methyl sites for hydroxylation is 2. The van der Waals surface area contributed by atoms with Crippen LogP contribution in [0, 0.1) is 20.8 Å². The molecule has 2 heterocycles. The first-order chi connectivity index (χ1) is 12.1. The Morgan fingerprint density at radius 1 is 0.880 bits per heavy atom. The fourth-order valence-electron chi connectivity index (χ4n) is 3.11. The van der Waals surface area contributed by atoms with Crippen molar-refractivity contribution >= 4 is 33.1 Å². The summed E-state index contributed by atoms with van der Waals surface area (Å²) in [6, 6.07) is 16.8. The second-order valence-electron chi connectivity index (χ2n) is 6.17. The van der Waals surface area contributed by atoms with Gasteiger partial charge in [-0.3, -0.25) is 0 Å². The fourth-order valence-corrected chi connectivity index (χ4v) is 4.12. The second kappa shape index (κ2) is 6.30. The van der Waals surface area contributed by atoms with E-state index in [-0.39, 0.29) is 0 Å². The van der Waals surface area contributed by atoms with Gasteiger partial charge in [-0.2, -0.15) is 0 Å². The topological polar surface area (TPSA) is 37.8 Å². The molecule has 1 N–H and O–H groups in total.